The van der Waals surface area contributed by atoms with E-state index in [1.165, 1.54) is 0 Å². The molecule has 0 radical (unpaired) electrons. The fourth-order valence-corrected chi connectivity index (χ4v) is 0.921. The van der Waals surface area contributed by atoms with Gasteiger partial charge in [-0.05, 0) is 12.8 Å². The van der Waals surface area contributed by atoms with Crippen molar-refractivity contribution in [1.82, 2.24) is 0 Å². The zero-order chi connectivity index (χ0) is 12.1. The molecule has 0 unspecified atom stereocenters. The lowest BCUT2D eigenvalue weighted by atomic mass is 10.2. The highest BCUT2D eigenvalue weighted by Gasteiger charge is 1.91. The Morgan fingerprint density at radius 2 is 1.67 bits per heavy atom. The van der Waals surface area contributed by atoms with Crippen LogP contribution >= 0.6 is 0 Å². The first-order valence-corrected chi connectivity index (χ1v) is 5.62. The maximum absolute atomic E-state index is 10.2. The third-order valence-electron chi connectivity index (χ3n) is 1.94. The van der Waals surface area contributed by atoms with E-state index >= 15 is 0 Å². The number of carbonyl (C=O) groups is 1. The number of nitriles is 1. The van der Waals surface area contributed by atoms with Crippen LogP contribution in [0, 0.1) is 11.5 Å². The molecule has 0 saturated heterocycles. The number of Topliss-reactive ketones (excluding diaryl/α,β-unsaturated/α-hetero) is 1. The van der Waals surface area contributed by atoms with Gasteiger partial charge in [0.2, 0.25) is 6.19 Å². The lowest BCUT2D eigenvalue weighted by Crippen LogP contribution is -1.93. The Morgan fingerprint density at radius 3 is 1.87 bits per heavy atom. The van der Waals surface area contributed by atoms with Gasteiger partial charge in [0.25, 0.3) is 0 Å². The van der Waals surface area contributed by atoms with Crippen molar-refractivity contribution in [2.75, 3.05) is 0 Å². The van der Waals surface area contributed by atoms with Crippen molar-refractivity contribution < 1.29 is 4.79 Å². The van der Waals surface area contributed by atoms with E-state index in [2.05, 4.69) is 11.9 Å². The summed E-state index contributed by atoms with van der Waals surface area (Å²) in [4.78, 5) is 13.8. The quantitative estimate of drug-likeness (QED) is 0.515. The Hall–Kier alpha value is -1.17. The fraction of sp³-hybridized carbons (Fsp3) is 0.750. The summed E-state index contributed by atoms with van der Waals surface area (Å²) in [5, 5.41) is 8.16. The van der Waals surface area contributed by atoms with Gasteiger partial charge < -0.3 is 0 Å². The molecule has 3 heteroatoms. The van der Waals surface area contributed by atoms with Crippen LogP contribution in [0.25, 0.3) is 0 Å². The Kier molecular flexibility index (Phi) is 13.9. The number of rotatable bonds is 5. The Labute approximate surface area is 93.2 Å². The predicted octanol–water partition coefficient (Wildman–Crippen LogP) is 3.49. The minimum Gasteiger partial charge on any atom is -0.300 e. The van der Waals surface area contributed by atoms with Gasteiger partial charge in [-0.15, -0.1) is 0 Å². The second-order valence-electron chi connectivity index (χ2n) is 3.13. The number of aliphatic imine (C=N–C) groups is 1. The maximum atomic E-state index is 10.2. The van der Waals surface area contributed by atoms with Crippen molar-refractivity contribution >= 4 is 11.5 Å². The van der Waals surface area contributed by atoms with Crippen molar-refractivity contribution in [1.29, 1.82) is 5.26 Å². The van der Waals surface area contributed by atoms with E-state index in [9.17, 15) is 4.79 Å². The second kappa shape index (κ2) is 12.8. The van der Waals surface area contributed by atoms with Gasteiger partial charge in [0.05, 0.1) is 0 Å². The van der Waals surface area contributed by atoms with Crippen molar-refractivity contribution in [3.05, 3.63) is 0 Å². The van der Waals surface area contributed by atoms with E-state index in [0.717, 1.165) is 25.0 Å². The van der Waals surface area contributed by atoms with E-state index in [1.54, 1.807) is 6.19 Å². The average molecular weight is 210 g/mol. The first-order chi connectivity index (χ1) is 7.15. The molecule has 86 valence electrons. The Bertz CT molecular complexity index is 220. The minimum atomic E-state index is 0.343. The molecule has 0 atom stereocenters. The largest absolute Gasteiger partial charge is 0.300 e. The smallest absolute Gasteiger partial charge is 0.205 e. The molecular formula is C12H22N2O. The molecule has 0 rings (SSSR count). The van der Waals surface area contributed by atoms with E-state index < -0.39 is 0 Å². The number of hydrogen-bond acceptors (Lipinski definition) is 3. The van der Waals surface area contributed by atoms with Crippen molar-refractivity contribution in [3.8, 4) is 6.19 Å². The third-order valence-corrected chi connectivity index (χ3v) is 1.94. The molecule has 0 aliphatic carbocycles. The van der Waals surface area contributed by atoms with Crippen LogP contribution in [0.3, 0.4) is 0 Å². The van der Waals surface area contributed by atoms with Crippen LogP contribution in [0.4, 0.5) is 0 Å². The van der Waals surface area contributed by atoms with Gasteiger partial charge in [0.15, 0.2) is 0 Å². The van der Waals surface area contributed by atoms with Crippen LogP contribution in [-0.2, 0) is 4.79 Å². The first-order valence-electron chi connectivity index (χ1n) is 5.62. The SMILES string of the molecule is CCC(=O)CC.CCCC(CC)=NC#N. The van der Waals surface area contributed by atoms with Crippen molar-refractivity contribution in [2.45, 2.75) is 59.8 Å². The molecule has 0 saturated carbocycles. The highest BCUT2D eigenvalue weighted by atomic mass is 16.1. The average Bonchev–Trinajstić information content (AvgIpc) is 2.28. The number of nitrogens with zero attached hydrogens (tertiary/aromatic N) is 2. The summed E-state index contributed by atoms with van der Waals surface area (Å²) in [6.07, 6.45) is 6.12. The molecule has 3 nitrogen and oxygen atoms in total. The van der Waals surface area contributed by atoms with Crippen LogP contribution in [0.2, 0.25) is 0 Å². The van der Waals surface area contributed by atoms with Gasteiger partial charge in [0.1, 0.15) is 5.78 Å². The van der Waals surface area contributed by atoms with Gasteiger partial charge in [-0.3, -0.25) is 4.79 Å². The van der Waals surface area contributed by atoms with Gasteiger partial charge in [-0.1, -0.05) is 34.1 Å². The fourth-order valence-electron chi connectivity index (χ4n) is 0.921. The molecule has 0 aromatic heterocycles. The summed E-state index contributed by atoms with van der Waals surface area (Å²) in [5.41, 5.74) is 1.01. The Balaban J connectivity index is 0. The van der Waals surface area contributed by atoms with Crippen LogP contribution in [-0.4, -0.2) is 11.5 Å². The number of hydrogen-bond donors (Lipinski definition) is 0. The molecule has 0 spiro atoms. The van der Waals surface area contributed by atoms with Gasteiger partial charge in [0, 0.05) is 18.6 Å². The van der Waals surface area contributed by atoms with Crippen LogP contribution in [0.5, 0.6) is 0 Å². The van der Waals surface area contributed by atoms with E-state index in [-0.39, 0.29) is 0 Å². The zero-order valence-electron chi connectivity index (χ0n) is 10.3. The van der Waals surface area contributed by atoms with Crippen LogP contribution in [0.15, 0.2) is 4.99 Å². The molecule has 0 heterocycles. The van der Waals surface area contributed by atoms with E-state index in [0.29, 0.717) is 18.6 Å². The lowest BCUT2D eigenvalue weighted by Gasteiger charge is -1.94. The second-order valence-corrected chi connectivity index (χ2v) is 3.13. The normalized spacial score (nSPS) is 9.93. The summed E-state index contributed by atoms with van der Waals surface area (Å²) in [7, 11) is 0. The topological polar surface area (TPSA) is 53.2 Å². The maximum Gasteiger partial charge on any atom is 0.205 e. The first kappa shape index (κ1) is 16.3. The molecule has 0 fully saturated rings. The van der Waals surface area contributed by atoms with Gasteiger partial charge in [-0.25, -0.2) is 0 Å². The van der Waals surface area contributed by atoms with E-state index in [1.807, 2.05) is 20.8 Å². The molecule has 0 bridgehead atoms. The molecule has 0 aliphatic rings. The minimum absolute atomic E-state index is 0.343. The van der Waals surface area contributed by atoms with Gasteiger partial charge >= 0.3 is 0 Å². The highest BCUT2D eigenvalue weighted by Crippen LogP contribution is 1.95. The summed E-state index contributed by atoms with van der Waals surface area (Å²) < 4.78 is 0. The van der Waals surface area contributed by atoms with Crippen LogP contribution in [0.1, 0.15) is 59.8 Å². The number of carbonyl (C=O) groups excluding carboxylic acids is 1. The van der Waals surface area contributed by atoms with Gasteiger partial charge in [-0.2, -0.15) is 10.3 Å². The molecule has 0 aromatic rings. The van der Waals surface area contributed by atoms with Crippen LogP contribution < -0.4 is 0 Å². The molecule has 0 N–H and O–H groups in total. The lowest BCUT2D eigenvalue weighted by molar-refractivity contribution is -0.118. The zero-order valence-corrected chi connectivity index (χ0v) is 10.3. The molecule has 0 aliphatic heterocycles. The highest BCUT2D eigenvalue weighted by molar-refractivity contribution is 5.84. The monoisotopic (exact) mass is 210 g/mol. The predicted molar refractivity (Wildman–Crippen MR) is 63.8 cm³/mol. The third kappa shape index (κ3) is 12.8. The molecular weight excluding hydrogens is 188 g/mol. The van der Waals surface area contributed by atoms with Crippen molar-refractivity contribution in [2.24, 2.45) is 4.99 Å². The molecule has 0 aromatic carbocycles. The number of ketones is 1. The summed E-state index contributed by atoms with van der Waals surface area (Å²) in [6, 6.07) is 0. The Morgan fingerprint density at radius 1 is 1.13 bits per heavy atom. The van der Waals surface area contributed by atoms with Crippen molar-refractivity contribution in [3.63, 3.8) is 0 Å². The molecule has 0 amide bonds. The summed E-state index contributed by atoms with van der Waals surface area (Å²) in [5.74, 6) is 0.343. The van der Waals surface area contributed by atoms with E-state index in [4.69, 9.17) is 5.26 Å². The summed E-state index contributed by atoms with van der Waals surface area (Å²) >= 11 is 0. The molecule has 15 heavy (non-hydrogen) atoms. The standard InChI is InChI=1S/C7H12N2.C5H10O/c1-3-5-7(4-2)9-6-8;1-3-5(6)4-2/h3-5H2,1-2H3;3-4H2,1-2H3. The summed E-state index contributed by atoms with van der Waals surface area (Å²) in [6.45, 7) is 7.87.